The first kappa shape index (κ1) is 28.3. The van der Waals surface area contributed by atoms with Crippen LogP contribution in [-0.2, 0) is 15.1 Å². The Morgan fingerprint density at radius 1 is 1.24 bits per heavy atom. The lowest BCUT2D eigenvalue weighted by atomic mass is 9.71. The summed E-state index contributed by atoms with van der Waals surface area (Å²) in [6.45, 7) is 3.75. The second-order valence-electron chi connectivity index (χ2n) is 11.1. The van der Waals surface area contributed by atoms with Crippen molar-refractivity contribution >= 4 is 5.91 Å². The smallest absolute Gasteiger partial charge is 0.225 e. The molecule has 1 aliphatic carbocycles. The van der Waals surface area contributed by atoms with E-state index in [9.17, 15) is 20.3 Å². The molecule has 0 spiro atoms. The lowest BCUT2D eigenvalue weighted by Crippen LogP contribution is -2.49. The van der Waals surface area contributed by atoms with Crippen LogP contribution >= 0.6 is 0 Å². The average Bonchev–Trinajstić information content (AvgIpc) is 3.28. The summed E-state index contributed by atoms with van der Waals surface area (Å²) in [6, 6.07) is 15.6. The summed E-state index contributed by atoms with van der Waals surface area (Å²) in [6.07, 6.45) is 3.97. The quantitative estimate of drug-likeness (QED) is 0.433. The summed E-state index contributed by atoms with van der Waals surface area (Å²) >= 11 is 0. The van der Waals surface area contributed by atoms with E-state index in [2.05, 4.69) is 12.1 Å². The van der Waals surface area contributed by atoms with Crippen molar-refractivity contribution in [3.8, 4) is 17.2 Å². The van der Waals surface area contributed by atoms with Crippen LogP contribution in [0, 0.1) is 30.1 Å². The molecule has 1 aliphatic heterocycles. The number of amides is 1. The molecule has 204 valence electrons. The summed E-state index contributed by atoms with van der Waals surface area (Å²) in [5.74, 6) is -0.410. The fourth-order valence-electron chi connectivity index (χ4n) is 6.32. The molecule has 1 heterocycles. The second-order valence-corrected chi connectivity index (χ2v) is 11.1. The molecule has 2 aliphatic rings. The number of nitrogens with zero attached hydrogens (tertiary/aromatic N) is 2. The minimum absolute atomic E-state index is 0.0298. The number of unbranched alkanes of at least 4 members (excludes halogenated alkanes) is 1. The van der Waals surface area contributed by atoms with Crippen LogP contribution in [0.4, 0.5) is 0 Å². The molecule has 2 aromatic carbocycles. The zero-order chi connectivity index (χ0) is 27.3. The van der Waals surface area contributed by atoms with Crippen molar-refractivity contribution in [1.82, 2.24) is 4.90 Å². The van der Waals surface area contributed by atoms with Crippen molar-refractivity contribution in [2.24, 2.45) is 17.6 Å². The summed E-state index contributed by atoms with van der Waals surface area (Å²) in [4.78, 5) is 15.3. The van der Waals surface area contributed by atoms with Crippen LogP contribution in [0.1, 0.15) is 61.6 Å². The topological polar surface area (TPSA) is 120 Å². The van der Waals surface area contributed by atoms with E-state index in [1.807, 2.05) is 42.2 Å². The van der Waals surface area contributed by atoms with Gasteiger partial charge in [-0.3, -0.25) is 4.79 Å². The first-order valence-electron chi connectivity index (χ1n) is 13.8. The van der Waals surface area contributed by atoms with Gasteiger partial charge in [0.2, 0.25) is 5.91 Å². The highest BCUT2D eigenvalue weighted by Crippen LogP contribution is 2.44. The first-order valence-corrected chi connectivity index (χ1v) is 13.8. The molecule has 1 saturated carbocycles. The fourth-order valence-corrected chi connectivity index (χ4v) is 6.32. The highest BCUT2D eigenvalue weighted by atomic mass is 16.5. The molecule has 38 heavy (non-hydrogen) atoms. The van der Waals surface area contributed by atoms with Gasteiger partial charge >= 0.3 is 0 Å². The van der Waals surface area contributed by atoms with Gasteiger partial charge in [-0.15, -0.1) is 0 Å². The number of rotatable bonds is 9. The zero-order valence-corrected chi connectivity index (χ0v) is 22.6. The van der Waals surface area contributed by atoms with Gasteiger partial charge in [0.15, 0.2) is 0 Å². The largest absolute Gasteiger partial charge is 0.391 e. The van der Waals surface area contributed by atoms with Gasteiger partial charge < -0.3 is 25.6 Å². The van der Waals surface area contributed by atoms with E-state index in [-0.39, 0.29) is 23.8 Å². The Bertz CT molecular complexity index is 1150. The van der Waals surface area contributed by atoms with Crippen molar-refractivity contribution < 1.29 is 19.7 Å². The predicted octanol–water partition coefficient (Wildman–Crippen LogP) is 3.87. The number of nitriles is 1. The highest BCUT2D eigenvalue weighted by Gasteiger charge is 2.44. The van der Waals surface area contributed by atoms with Crippen LogP contribution in [0.5, 0.6) is 0 Å². The molecule has 0 bridgehead atoms. The number of benzene rings is 2. The van der Waals surface area contributed by atoms with Crippen molar-refractivity contribution in [3.05, 3.63) is 59.2 Å². The normalized spacial score (nSPS) is 25.1. The van der Waals surface area contributed by atoms with Gasteiger partial charge in [0.05, 0.1) is 23.3 Å². The Morgan fingerprint density at radius 3 is 2.74 bits per heavy atom. The van der Waals surface area contributed by atoms with Gasteiger partial charge in [0.1, 0.15) is 0 Å². The molecular formula is C31H41N3O4. The Balaban J connectivity index is 1.70. The van der Waals surface area contributed by atoms with Crippen LogP contribution in [0.3, 0.4) is 0 Å². The number of carbonyl (C=O) groups is 1. The number of aryl methyl sites for hydroxylation is 1. The number of aliphatic hydroxyl groups is 2. The maximum absolute atomic E-state index is 13.4. The lowest BCUT2D eigenvalue weighted by Gasteiger charge is -2.44. The molecule has 0 radical (unpaired) electrons. The molecule has 5 atom stereocenters. The number of carbonyl (C=O) groups excluding carboxylic acids is 1. The van der Waals surface area contributed by atoms with Gasteiger partial charge in [-0.1, -0.05) is 35.9 Å². The predicted molar refractivity (Wildman–Crippen MR) is 147 cm³/mol. The van der Waals surface area contributed by atoms with E-state index in [1.54, 1.807) is 13.2 Å². The summed E-state index contributed by atoms with van der Waals surface area (Å²) in [5, 5.41) is 32.4. The fraction of sp³-hybridized carbons (Fsp3) is 0.548. The maximum atomic E-state index is 13.4. The number of piperidine rings is 1. The molecule has 1 amide bonds. The molecule has 0 aromatic heterocycles. The van der Waals surface area contributed by atoms with E-state index in [1.165, 1.54) is 0 Å². The molecule has 0 unspecified atom stereocenters. The minimum atomic E-state index is -1.19. The molecule has 7 heteroatoms. The van der Waals surface area contributed by atoms with Crippen LogP contribution in [0.2, 0.25) is 0 Å². The summed E-state index contributed by atoms with van der Waals surface area (Å²) in [7, 11) is 1.68. The van der Waals surface area contributed by atoms with Gasteiger partial charge in [-0.2, -0.15) is 5.26 Å². The Hall–Kier alpha value is -2.76. The van der Waals surface area contributed by atoms with E-state index in [0.717, 1.165) is 47.9 Å². The maximum Gasteiger partial charge on any atom is 0.225 e. The second kappa shape index (κ2) is 12.4. The number of hydrogen-bond donors (Lipinski definition) is 3. The molecule has 4 N–H and O–H groups in total. The Morgan fingerprint density at radius 2 is 2.05 bits per heavy atom. The van der Waals surface area contributed by atoms with Crippen LogP contribution < -0.4 is 5.73 Å². The highest BCUT2D eigenvalue weighted by molar-refractivity contribution is 5.79. The molecular weight excluding hydrogens is 478 g/mol. The molecule has 7 nitrogen and oxygen atoms in total. The first-order chi connectivity index (χ1) is 18.3. The number of aliphatic hydroxyl groups excluding tert-OH is 1. The van der Waals surface area contributed by atoms with E-state index in [4.69, 9.17) is 10.5 Å². The van der Waals surface area contributed by atoms with Crippen LogP contribution in [-0.4, -0.2) is 60.0 Å². The molecule has 1 saturated heterocycles. The third-order valence-corrected chi connectivity index (χ3v) is 8.44. The monoisotopic (exact) mass is 519 g/mol. The number of methoxy groups -OCH3 is 1. The van der Waals surface area contributed by atoms with Crippen molar-refractivity contribution in [2.75, 3.05) is 26.8 Å². The number of nitrogens with two attached hydrogens (primary N) is 1. The van der Waals surface area contributed by atoms with Crippen LogP contribution in [0.15, 0.2) is 42.5 Å². The van der Waals surface area contributed by atoms with Gasteiger partial charge in [-0.25, -0.2) is 0 Å². The molecule has 2 aromatic rings. The number of hydrogen-bond acceptors (Lipinski definition) is 6. The molecule has 4 rings (SSSR count). The zero-order valence-electron chi connectivity index (χ0n) is 22.6. The number of ether oxygens (including phenoxy) is 1. The number of likely N-dealkylation sites (tertiary alicyclic amines) is 1. The van der Waals surface area contributed by atoms with Gasteiger partial charge in [0.25, 0.3) is 0 Å². The van der Waals surface area contributed by atoms with Crippen molar-refractivity contribution in [3.63, 3.8) is 0 Å². The minimum Gasteiger partial charge on any atom is -0.391 e. The van der Waals surface area contributed by atoms with E-state index >= 15 is 0 Å². The SMILES string of the molecule is COCCCC[C@@](O)(c1ccc(C#N)cc1-c1cccc(C)c1)[C@@H]1CCCN(C(=O)[C@H]2C[C@@H](N)[C@@H](O)C2)C1. The van der Waals surface area contributed by atoms with E-state index in [0.29, 0.717) is 44.5 Å². The third-order valence-electron chi connectivity index (χ3n) is 8.44. The summed E-state index contributed by atoms with van der Waals surface area (Å²) < 4.78 is 5.27. The van der Waals surface area contributed by atoms with Crippen molar-refractivity contribution in [2.45, 2.75) is 69.6 Å². The van der Waals surface area contributed by atoms with Gasteiger partial charge in [-0.05, 0) is 80.7 Å². The Labute approximate surface area is 226 Å². The van der Waals surface area contributed by atoms with E-state index < -0.39 is 11.7 Å². The van der Waals surface area contributed by atoms with Crippen molar-refractivity contribution in [1.29, 1.82) is 5.26 Å². The van der Waals surface area contributed by atoms with Crippen LogP contribution in [0.25, 0.3) is 11.1 Å². The molecule has 2 fully saturated rings. The summed E-state index contributed by atoms with van der Waals surface area (Å²) in [5.41, 5.74) is 9.08. The lowest BCUT2D eigenvalue weighted by molar-refractivity contribution is -0.141. The van der Waals surface area contributed by atoms with Gasteiger partial charge in [0, 0.05) is 44.7 Å². The average molecular weight is 520 g/mol. The Kier molecular flexibility index (Phi) is 9.22. The third kappa shape index (κ3) is 6.10. The standard InChI is InChI=1S/C31H41N3O4/c1-21-7-5-8-23(15-21)26-16-22(19-32)10-11-27(26)31(37,12-3-4-14-38-2)25-9-6-13-34(20-25)30(36)24-17-28(33)29(35)18-24/h5,7-8,10-11,15-16,24-25,28-29,35,37H,3-4,6,9,12-14,17-18,20,33H2,1-2H3/t24-,25+,28+,29-,31-/m0/s1.